The van der Waals surface area contributed by atoms with Crippen LogP contribution in [0.2, 0.25) is 0 Å². The molecule has 0 aromatic heterocycles. The summed E-state index contributed by atoms with van der Waals surface area (Å²) in [6, 6.07) is 4.93. The van der Waals surface area contributed by atoms with Crippen molar-refractivity contribution in [2.75, 3.05) is 11.9 Å². The van der Waals surface area contributed by atoms with E-state index in [1.54, 1.807) is 18.2 Å². The number of aryl methyl sites for hydroxylation is 1. The number of amides is 1. The molecule has 1 aliphatic heterocycles. The molecule has 19 heavy (non-hydrogen) atoms. The van der Waals surface area contributed by atoms with Crippen molar-refractivity contribution >= 4 is 17.6 Å². The van der Waals surface area contributed by atoms with E-state index < -0.39 is 5.97 Å². The van der Waals surface area contributed by atoms with Gasteiger partial charge in [-0.3, -0.25) is 4.79 Å². The van der Waals surface area contributed by atoms with Gasteiger partial charge in [0.1, 0.15) is 0 Å². The van der Waals surface area contributed by atoms with Crippen molar-refractivity contribution in [2.45, 2.75) is 32.3 Å². The molecule has 5 nitrogen and oxygen atoms in total. The maximum Gasteiger partial charge on any atom is 0.337 e. The van der Waals surface area contributed by atoms with Crippen LogP contribution < -0.4 is 5.32 Å². The van der Waals surface area contributed by atoms with Crippen LogP contribution in [0.15, 0.2) is 18.2 Å². The molecule has 1 fully saturated rings. The average Bonchev–Trinajstić information content (AvgIpc) is 2.83. The molecule has 1 atom stereocenters. The first kappa shape index (κ1) is 13.5. The Labute approximate surface area is 111 Å². The fraction of sp³-hybridized carbons (Fsp3) is 0.429. The Balaban J connectivity index is 2.05. The Morgan fingerprint density at radius 1 is 1.47 bits per heavy atom. The third-order valence-electron chi connectivity index (χ3n) is 3.12. The molecule has 1 amide bonds. The molecule has 5 heteroatoms. The second-order valence-corrected chi connectivity index (χ2v) is 4.74. The number of aromatic carboxylic acids is 1. The van der Waals surface area contributed by atoms with Gasteiger partial charge in [0.15, 0.2) is 0 Å². The van der Waals surface area contributed by atoms with E-state index in [1.165, 1.54) is 0 Å². The van der Waals surface area contributed by atoms with Crippen molar-refractivity contribution in [1.82, 2.24) is 0 Å². The van der Waals surface area contributed by atoms with Gasteiger partial charge in [0.25, 0.3) is 0 Å². The van der Waals surface area contributed by atoms with E-state index in [0.717, 1.165) is 18.4 Å². The molecule has 1 heterocycles. The summed E-state index contributed by atoms with van der Waals surface area (Å²) < 4.78 is 5.38. The fourth-order valence-corrected chi connectivity index (χ4v) is 2.16. The Kier molecular flexibility index (Phi) is 4.16. The molecule has 1 aromatic carbocycles. The SMILES string of the molecule is Cc1ccc(NC(=O)CC2CCCO2)c(C(=O)O)c1. The van der Waals surface area contributed by atoms with E-state index in [0.29, 0.717) is 12.3 Å². The second-order valence-electron chi connectivity index (χ2n) is 4.74. The van der Waals surface area contributed by atoms with Gasteiger partial charge in [-0.25, -0.2) is 4.79 Å². The normalized spacial score (nSPS) is 18.3. The summed E-state index contributed by atoms with van der Waals surface area (Å²) in [5, 5.41) is 11.8. The Morgan fingerprint density at radius 2 is 2.26 bits per heavy atom. The maximum absolute atomic E-state index is 11.8. The molecule has 0 saturated carbocycles. The maximum atomic E-state index is 11.8. The minimum atomic E-state index is -1.05. The number of carbonyl (C=O) groups excluding carboxylic acids is 1. The number of ether oxygens (including phenoxy) is 1. The molecule has 2 rings (SSSR count). The molecule has 0 aliphatic carbocycles. The highest BCUT2D eigenvalue weighted by Gasteiger charge is 2.20. The van der Waals surface area contributed by atoms with E-state index in [-0.39, 0.29) is 24.0 Å². The summed E-state index contributed by atoms with van der Waals surface area (Å²) in [4.78, 5) is 23.0. The quantitative estimate of drug-likeness (QED) is 0.873. The minimum absolute atomic E-state index is 0.0428. The largest absolute Gasteiger partial charge is 0.478 e. The third-order valence-corrected chi connectivity index (χ3v) is 3.12. The van der Waals surface area contributed by atoms with Crippen molar-refractivity contribution < 1.29 is 19.4 Å². The molecule has 0 radical (unpaired) electrons. The molecule has 1 aliphatic rings. The average molecular weight is 263 g/mol. The van der Waals surface area contributed by atoms with Crippen LogP contribution in [0.1, 0.15) is 35.2 Å². The zero-order chi connectivity index (χ0) is 13.8. The van der Waals surface area contributed by atoms with Gasteiger partial charge in [-0.1, -0.05) is 11.6 Å². The van der Waals surface area contributed by atoms with Crippen LogP contribution in [0, 0.1) is 6.92 Å². The van der Waals surface area contributed by atoms with Crippen molar-refractivity contribution in [3.8, 4) is 0 Å². The molecule has 1 saturated heterocycles. The summed E-state index contributed by atoms with van der Waals surface area (Å²) >= 11 is 0. The first-order chi connectivity index (χ1) is 9.06. The van der Waals surface area contributed by atoms with Gasteiger partial charge in [0.2, 0.25) is 5.91 Å². The second kappa shape index (κ2) is 5.84. The van der Waals surface area contributed by atoms with Crippen LogP contribution >= 0.6 is 0 Å². The zero-order valence-electron chi connectivity index (χ0n) is 10.8. The van der Waals surface area contributed by atoms with Crippen LogP contribution in [-0.4, -0.2) is 29.7 Å². The first-order valence-corrected chi connectivity index (χ1v) is 6.31. The van der Waals surface area contributed by atoms with Gasteiger partial charge in [-0.2, -0.15) is 0 Å². The number of benzene rings is 1. The predicted octanol–water partition coefficient (Wildman–Crippen LogP) is 2.20. The van der Waals surface area contributed by atoms with Gasteiger partial charge in [0, 0.05) is 6.61 Å². The molecule has 0 bridgehead atoms. The number of rotatable bonds is 4. The monoisotopic (exact) mass is 263 g/mol. The van der Waals surface area contributed by atoms with Crippen molar-refractivity contribution in [1.29, 1.82) is 0 Å². The van der Waals surface area contributed by atoms with E-state index in [2.05, 4.69) is 5.32 Å². The summed E-state index contributed by atoms with van der Waals surface area (Å²) in [7, 11) is 0. The highest BCUT2D eigenvalue weighted by atomic mass is 16.5. The number of anilines is 1. The van der Waals surface area contributed by atoms with Gasteiger partial charge >= 0.3 is 5.97 Å². The van der Waals surface area contributed by atoms with Gasteiger partial charge in [-0.05, 0) is 31.9 Å². The number of hydrogen-bond acceptors (Lipinski definition) is 3. The first-order valence-electron chi connectivity index (χ1n) is 6.31. The van der Waals surface area contributed by atoms with Crippen molar-refractivity contribution in [3.05, 3.63) is 29.3 Å². The van der Waals surface area contributed by atoms with E-state index in [4.69, 9.17) is 9.84 Å². The van der Waals surface area contributed by atoms with Crippen molar-refractivity contribution in [3.63, 3.8) is 0 Å². The fourth-order valence-electron chi connectivity index (χ4n) is 2.16. The van der Waals surface area contributed by atoms with Crippen LogP contribution in [0.3, 0.4) is 0 Å². The number of carboxylic acid groups (broad SMARTS) is 1. The van der Waals surface area contributed by atoms with E-state index >= 15 is 0 Å². The Morgan fingerprint density at radius 3 is 2.89 bits per heavy atom. The molecule has 1 aromatic rings. The highest BCUT2D eigenvalue weighted by Crippen LogP contribution is 2.20. The standard InChI is InChI=1S/C14H17NO4/c1-9-4-5-12(11(7-9)14(17)18)15-13(16)8-10-3-2-6-19-10/h4-5,7,10H,2-3,6,8H2,1H3,(H,15,16)(H,17,18). The van der Waals surface area contributed by atoms with Gasteiger partial charge in [0.05, 0.1) is 23.8 Å². The lowest BCUT2D eigenvalue weighted by Crippen LogP contribution is -2.20. The summed E-state index contributed by atoms with van der Waals surface area (Å²) in [5.74, 6) is -1.26. The lowest BCUT2D eigenvalue weighted by molar-refractivity contribution is -0.118. The predicted molar refractivity (Wildman–Crippen MR) is 70.4 cm³/mol. The molecule has 2 N–H and O–H groups in total. The van der Waals surface area contributed by atoms with E-state index in [9.17, 15) is 9.59 Å². The lowest BCUT2D eigenvalue weighted by Gasteiger charge is -2.12. The number of carboxylic acids is 1. The number of carbonyl (C=O) groups is 2. The molecule has 0 spiro atoms. The molecule has 102 valence electrons. The van der Waals surface area contributed by atoms with Crippen LogP contribution in [0.25, 0.3) is 0 Å². The molecular formula is C14H17NO4. The van der Waals surface area contributed by atoms with Gasteiger partial charge < -0.3 is 15.2 Å². The third kappa shape index (κ3) is 3.54. The number of nitrogens with one attached hydrogen (secondary N) is 1. The zero-order valence-corrected chi connectivity index (χ0v) is 10.8. The molecular weight excluding hydrogens is 246 g/mol. The summed E-state index contributed by atoms with van der Waals surface area (Å²) in [6.07, 6.45) is 2.09. The summed E-state index contributed by atoms with van der Waals surface area (Å²) in [5.41, 5.74) is 1.29. The van der Waals surface area contributed by atoms with E-state index in [1.807, 2.05) is 6.92 Å². The highest BCUT2D eigenvalue weighted by molar-refractivity contribution is 6.00. The Hall–Kier alpha value is -1.88. The van der Waals surface area contributed by atoms with Gasteiger partial charge in [-0.15, -0.1) is 0 Å². The molecule has 1 unspecified atom stereocenters. The Bertz CT molecular complexity index is 492. The summed E-state index contributed by atoms with van der Waals surface area (Å²) in [6.45, 7) is 2.51. The number of hydrogen-bond donors (Lipinski definition) is 2. The lowest BCUT2D eigenvalue weighted by atomic mass is 10.1. The smallest absolute Gasteiger partial charge is 0.337 e. The topological polar surface area (TPSA) is 75.6 Å². The minimum Gasteiger partial charge on any atom is -0.478 e. The van der Waals surface area contributed by atoms with Crippen LogP contribution in [0.5, 0.6) is 0 Å². The van der Waals surface area contributed by atoms with Crippen LogP contribution in [0.4, 0.5) is 5.69 Å². The van der Waals surface area contributed by atoms with Crippen molar-refractivity contribution in [2.24, 2.45) is 0 Å². The van der Waals surface area contributed by atoms with Crippen LogP contribution in [-0.2, 0) is 9.53 Å².